The minimum Gasteiger partial charge on any atom is -0.295 e. The Labute approximate surface area is 130 Å². The van der Waals surface area contributed by atoms with Crippen LogP contribution in [0.5, 0.6) is 0 Å². The lowest BCUT2D eigenvalue weighted by molar-refractivity contribution is 0.885. The van der Waals surface area contributed by atoms with Crippen molar-refractivity contribution in [2.24, 2.45) is 0 Å². The molecule has 0 unspecified atom stereocenters. The number of hydrogen-bond donors (Lipinski definition) is 0. The van der Waals surface area contributed by atoms with Crippen LogP contribution in [0.25, 0.3) is 15.7 Å². The van der Waals surface area contributed by atoms with Crippen LogP contribution in [0.15, 0.2) is 53.1 Å². The van der Waals surface area contributed by atoms with Crippen LogP contribution < -0.4 is 0 Å². The molecule has 0 atom stereocenters. The van der Waals surface area contributed by atoms with Gasteiger partial charge in [-0.1, -0.05) is 41.6 Å². The summed E-state index contributed by atoms with van der Waals surface area (Å²) in [6, 6.07) is 12.9. The van der Waals surface area contributed by atoms with E-state index in [9.17, 15) is 0 Å². The average molecular weight is 311 g/mol. The molecule has 4 rings (SSSR count). The summed E-state index contributed by atoms with van der Waals surface area (Å²) in [5, 5.41) is 11.6. The summed E-state index contributed by atoms with van der Waals surface area (Å²) in [7, 11) is 0. The van der Waals surface area contributed by atoms with Crippen LogP contribution in [0, 0.1) is 6.92 Å². The summed E-state index contributed by atoms with van der Waals surface area (Å²) in [5.41, 5.74) is 4.96. The second-order valence-electron chi connectivity index (χ2n) is 4.98. The molecule has 104 valence electrons. The first-order valence-electron chi connectivity index (χ1n) is 6.69. The highest BCUT2D eigenvalue weighted by molar-refractivity contribution is 7.98. The quantitative estimate of drug-likeness (QED) is 0.520. The van der Waals surface area contributed by atoms with Crippen molar-refractivity contribution in [1.82, 2.24) is 14.6 Å². The summed E-state index contributed by atoms with van der Waals surface area (Å²) in [6.07, 6.45) is 1.79. The summed E-state index contributed by atoms with van der Waals surface area (Å²) in [4.78, 5) is 0. The van der Waals surface area contributed by atoms with Crippen molar-refractivity contribution in [3.05, 3.63) is 59.2 Å². The first-order chi connectivity index (χ1) is 10.3. The van der Waals surface area contributed by atoms with Crippen molar-refractivity contribution in [2.45, 2.75) is 17.7 Å². The molecule has 3 nitrogen and oxygen atoms in total. The first-order valence-corrected chi connectivity index (χ1v) is 8.56. The Hall–Kier alpha value is -1.85. The van der Waals surface area contributed by atoms with Gasteiger partial charge in [0.25, 0.3) is 0 Å². The van der Waals surface area contributed by atoms with Crippen LogP contribution in [0.4, 0.5) is 0 Å². The fraction of sp³-hybridized carbons (Fsp3) is 0.125. The van der Waals surface area contributed by atoms with Crippen molar-refractivity contribution >= 4 is 38.8 Å². The Morgan fingerprint density at radius 1 is 1.19 bits per heavy atom. The van der Waals surface area contributed by atoms with Gasteiger partial charge in [-0.05, 0) is 30.0 Å². The van der Waals surface area contributed by atoms with Gasteiger partial charge in [-0.25, -0.2) is 0 Å². The standard InChI is InChI=1S/C16H13N3S2/c1-11-3-2-4-12(7-11)9-21-16-14-8-15-13(5-6-20-15)19(14)10-17-18-16/h2-8,10H,9H2,1H3. The van der Waals surface area contributed by atoms with E-state index in [-0.39, 0.29) is 0 Å². The minimum absolute atomic E-state index is 0.912. The van der Waals surface area contributed by atoms with E-state index in [0.717, 1.165) is 16.3 Å². The molecule has 0 bridgehead atoms. The van der Waals surface area contributed by atoms with Crippen molar-refractivity contribution in [3.63, 3.8) is 0 Å². The topological polar surface area (TPSA) is 30.2 Å². The number of aryl methyl sites for hydroxylation is 1. The van der Waals surface area contributed by atoms with Gasteiger partial charge in [0.1, 0.15) is 11.4 Å². The number of fused-ring (bicyclic) bond motifs is 3. The molecule has 1 aromatic carbocycles. The zero-order valence-electron chi connectivity index (χ0n) is 11.5. The number of benzene rings is 1. The second kappa shape index (κ2) is 5.16. The molecular weight excluding hydrogens is 298 g/mol. The third-order valence-corrected chi connectivity index (χ3v) is 5.35. The number of thiophene rings is 1. The number of hydrogen-bond acceptors (Lipinski definition) is 4. The normalized spacial score (nSPS) is 11.5. The molecule has 3 heterocycles. The van der Waals surface area contributed by atoms with Gasteiger partial charge in [-0.2, -0.15) is 0 Å². The van der Waals surface area contributed by atoms with E-state index >= 15 is 0 Å². The van der Waals surface area contributed by atoms with Gasteiger partial charge in [0, 0.05) is 5.75 Å². The Morgan fingerprint density at radius 2 is 2.14 bits per heavy atom. The van der Waals surface area contributed by atoms with E-state index in [0.29, 0.717) is 0 Å². The van der Waals surface area contributed by atoms with Crippen molar-refractivity contribution in [3.8, 4) is 0 Å². The van der Waals surface area contributed by atoms with E-state index < -0.39 is 0 Å². The molecule has 0 N–H and O–H groups in total. The van der Waals surface area contributed by atoms with Gasteiger partial charge in [-0.3, -0.25) is 4.40 Å². The van der Waals surface area contributed by atoms with Crippen molar-refractivity contribution in [1.29, 1.82) is 0 Å². The molecule has 0 aliphatic carbocycles. The molecule has 3 aromatic heterocycles. The Bertz CT molecular complexity index is 923. The van der Waals surface area contributed by atoms with Gasteiger partial charge in [0.2, 0.25) is 0 Å². The molecule has 0 spiro atoms. The maximum atomic E-state index is 4.32. The SMILES string of the molecule is Cc1cccc(CSc2nncn3c2cc2sccc23)c1. The van der Waals surface area contributed by atoms with Gasteiger partial charge in [0.05, 0.1) is 15.7 Å². The summed E-state index contributed by atoms with van der Waals surface area (Å²) >= 11 is 3.49. The summed E-state index contributed by atoms with van der Waals surface area (Å²) in [6.45, 7) is 2.12. The first kappa shape index (κ1) is 12.9. The number of aromatic nitrogens is 3. The largest absolute Gasteiger partial charge is 0.295 e. The Morgan fingerprint density at radius 3 is 3.05 bits per heavy atom. The van der Waals surface area contributed by atoms with Crippen LogP contribution in [-0.2, 0) is 5.75 Å². The zero-order chi connectivity index (χ0) is 14.2. The lowest BCUT2D eigenvalue weighted by Gasteiger charge is -2.04. The van der Waals surface area contributed by atoms with E-state index in [1.54, 1.807) is 29.4 Å². The molecule has 5 heteroatoms. The molecule has 0 saturated heterocycles. The Balaban J connectivity index is 1.70. The fourth-order valence-electron chi connectivity index (χ4n) is 2.47. The summed E-state index contributed by atoms with van der Waals surface area (Å²) in [5.74, 6) is 0.912. The molecule has 0 aliphatic heterocycles. The maximum Gasteiger partial charge on any atom is 0.143 e. The second-order valence-corrected chi connectivity index (χ2v) is 6.90. The molecule has 0 saturated carbocycles. The van der Waals surface area contributed by atoms with Crippen LogP contribution in [0.3, 0.4) is 0 Å². The third-order valence-electron chi connectivity index (χ3n) is 3.45. The average Bonchev–Trinajstić information content (AvgIpc) is 3.06. The highest BCUT2D eigenvalue weighted by Crippen LogP contribution is 2.31. The van der Waals surface area contributed by atoms with Crippen LogP contribution >= 0.6 is 23.1 Å². The fourth-order valence-corrected chi connectivity index (χ4v) is 4.17. The third kappa shape index (κ3) is 2.32. The van der Waals surface area contributed by atoms with Gasteiger partial charge >= 0.3 is 0 Å². The minimum atomic E-state index is 0.912. The van der Waals surface area contributed by atoms with E-state index in [1.807, 2.05) is 0 Å². The highest BCUT2D eigenvalue weighted by Gasteiger charge is 2.10. The van der Waals surface area contributed by atoms with E-state index in [4.69, 9.17) is 0 Å². The Kier molecular flexibility index (Phi) is 3.16. The number of nitrogens with zero attached hydrogens (tertiary/aromatic N) is 3. The lowest BCUT2D eigenvalue weighted by atomic mass is 10.2. The molecule has 0 radical (unpaired) electrons. The predicted octanol–water partition coefficient (Wildman–Crippen LogP) is 4.54. The maximum absolute atomic E-state index is 4.32. The van der Waals surface area contributed by atoms with Crippen LogP contribution in [-0.4, -0.2) is 14.6 Å². The number of rotatable bonds is 3. The van der Waals surface area contributed by atoms with E-state index in [2.05, 4.69) is 63.3 Å². The molecular formula is C16H13N3S2. The van der Waals surface area contributed by atoms with Crippen LogP contribution in [0.1, 0.15) is 11.1 Å². The lowest BCUT2D eigenvalue weighted by Crippen LogP contribution is -1.93. The molecule has 0 aliphatic rings. The molecule has 0 fully saturated rings. The van der Waals surface area contributed by atoms with Gasteiger partial charge in [0.15, 0.2) is 0 Å². The molecule has 0 amide bonds. The molecule has 4 aromatic rings. The monoisotopic (exact) mass is 311 g/mol. The highest BCUT2D eigenvalue weighted by atomic mass is 32.2. The zero-order valence-corrected chi connectivity index (χ0v) is 13.1. The smallest absolute Gasteiger partial charge is 0.143 e. The van der Waals surface area contributed by atoms with Crippen molar-refractivity contribution < 1.29 is 0 Å². The van der Waals surface area contributed by atoms with Crippen LogP contribution in [0.2, 0.25) is 0 Å². The van der Waals surface area contributed by atoms with E-state index in [1.165, 1.54) is 21.3 Å². The van der Waals surface area contributed by atoms with Crippen molar-refractivity contribution in [2.75, 3.05) is 0 Å². The van der Waals surface area contributed by atoms with Gasteiger partial charge < -0.3 is 0 Å². The summed E-state index contributed by atoms with van der Waals surface area (Å²) < 4.78 is 3.40. The van der Waals surface area contributed by atoms with Gasteiger partial charge in [-0.15, -0.1) is 21.5 Å². The predicted molar refractivity (Wildman–Crippen MR) is 89.1 cm³/mol. The molecule has 21 heavy (non-hydrogen) atoms. The number of thioether (sulfide) groups is 1.